The van der Waals surface area contributed by atoms with Gasteiger partial charge in [0.1, 0.15) is 11.2 Å². The number of hydrogen-bond acceptors (Lipinski definition) is 3. The standard InChI is InChI=1S/C74H48N2O/c1-5-18-49(19-6-1)57-28-17-29-58(38-57)63-41-62(44-65(45-63)64-42-60(50-20-7-2-8-21-50)40-61(43-64)51-22-9-3-10-23-51)54-32-35-55(36-33-54)69-48-70(59-37-34-53-26-13-14-27-56(53)39-59)76-74(75-69)68-46-66(52-24-11-4-12-25-52)47-72-73(68)67-30-15-16-31-71(67)77-72/h1-48H. The van der Waals surface area contributed by atoms with Crippen LogP contribution in [0.4, 0.5) is 0 Å². The van der Waals surface area contributed by atoms with Crippen LogP contribution in [0.3, 0.4) is 0 Å². The highest BCUT2D eigenvalue weighted by Crippen LogP contribution is 2.42. The minimum Gasteiger partial charge on any atom is -0.456 e. The Labute approximate surface area is 447 Å². The molecule has 0 aliphatic heterocycles. The Morgan fingerprint density at radius 3 is 1.19 bits per heavy atom. The van der Waals surface area contributed by atoms with Crippen LogP contribution in [0.5, 0.6) is 0 Å². The fourth-order valence-electron chi connectivity index (χ4n) is 10.9. The van der Waals surface area contributed by atoms with E-state index in [1.807, 2.05) is 18.2 Å². The molecule has 0 saturated carbocycles. The van der Waals surface area contributed by atoms with Crippen LogP contribution >= 0.6 is 0 Å². The van der Waals surface area contributed by atoms with Crippen LogP contribution in [0.1, 0.15) is 0 Å². The molecule has 0 amide bonds. The van der Waals surface area contributed by atoms with E-state index in [-0.39, 0.29) is 0 Å². The van der Waals surface area contributed by atoms with E-state index in [4.69, 9.17) is 14.4 Å². The van der Waals surface area contributed by atoms with Gasteiger partial charge in [-0.1, -0.05) is 218 Å². The van der Waals surface area contributed by atoms with Crippen LogP contribution in [0.2, 0.25) is 0 Å². The smallest absolute Gasteiger partial charge is 0.161 e. The summed E-state index contributed by atoms with van der Waals surface area (Å²) in [4.78, 5) is 10.9. The Morgan fingerprint density at radius 1 is 0.221 bits per heavy atom. The molecule has 3 heteroatoms. The lowest BCUT2D eigenvalue weighted by atomic mass is 9.89. The second-order valence-corrected chi connectivity index (χ2v) is 19.7. The molecule has 0 unspecified atom stereocenters. The number of para-hydroxylation sites is 1. The summed E-state index contributed by atoms with van der Waals surface area (Å²) in [6.45, 7) is 0. The van der Waals surface area contributed by atoms with Crippen LogP contribution in [0.25, 0.3) is 145 Å². The van der Waals surface area contributed by atoms with Crippen molar-refractivity contribution in [1.29, 1.82) is 0 Å². The molecule has 0 N–H and O–H groups in total. The SMILES string of the molecule is c1ccc(-c2cccc(-c3cc(-c4ccc(-c5cc(-c6ccc7ccccc7c6)nc(-c6cc(-c7ccccc7)cc7oc8ccccc8c67)n5)cc4)cc(-c4cc(-c5ccccc5)cc(-c5ccccc5)c4)c3)c2)cc1. The minimum atomic E-state index is 0.631. The normalized spacial score (nSPS) is 11.4. The first-order valence-corrected chi connectivity index (χ1v) is 26.2. The summed E-state index contributed by atoms with van der Waals surface area (Å²) < 4.78 is 6.61. The number of furan rings is 1. The van der Waals surface area contributed by atoms with Gasteiger partial charge in [0.15, 0.2) is 5.82 Å². The second-order valence-electron chi connectivity index (χ2n) is 19.7. The Hall–Kier alpha value is -10.2. The zero-order valence-electron chi connectivity index (χ0n) is 42.0. The predicted molar refractivity (Wildman–Crippen MR) is 321 cm³/mol. The second kappa shape index (κ2) is 19.6. The maximum atomic E-state index is 6.61. The van der Waals surface area contributed by atoms with Crippen molar-refractivity contribution in [3.8, 4) is 112 Å². The molecule has 0 fully saturated rings. The summed E-state index contributed by atoms with van der Waals surface area (Å²) in [5.41, 5.74) is 22.2. The molecule has 14 aromatic rings. The summed E-state index contributed by atoms with van der Waals surface area (Å²) >= 11 is 0. The molecule has 360 valence electrons. The predicted octanol–water partition coefficient (Wildman–Crippen LogP) is 20.2. The van der Waals surface area contributed by atoms with Gasteiger partial charge in [-0.3, -0.25) is 0 Å². The molecule has 3 nitrogen and oxygen atoms in total. The van der Waals surface area contributed by atoms with Crippen molar-refractivity contribution in [2.24, 2.45) is 0 Å². The van der Waals surface area contributed by atoms with Crippen molar-refractivity contribution in [2.45, 2.75) is 0 Å². The molecular formula is C74H48N2O. The van der Waals surface area contributed by atoms with Crippen LogP contribution in [-0.2, 0) is 0 Å². The summed E-state index contributed by atoms with van der Waals surface area (Å²) in [5.74, 6) is 0.631. The summed E-state index contributed by atoms with van der Waals surface area (Å²) in [6.07, 6.45) is 0. The van der Waals surface area contributed by atoms with E-state index in [2.05, 4.69) is 273 Å². The van der Waals surface area contributed by atoms with Gasteiger partial charge in [-0.25, -0.2) is 9.97 Å². The van der Waals surface area contributed by atoms with E-state index in [1.54, 1.807) is 0 Å². The van der Waals surface area contributed by atoms with Gasteiger partial charge in [0.05, 0.1) is 11.4 Å². The Kier molecular flexibility index (Phi) is 11.5. The Balaban J connectivity index is 0.934. The zero-order valence-corrected chi connectivity index (χ0v) is 42.0. The summed E-state index contributed by atoms with van der Waals surface area (Å²) in [6, 6.07) is 104. The number of benzene rings is 12. The fraction of sp³-hybridized carbons (Fsp3) is 0. The van der Waals surface area contributed by atoms with E-state index in [1.165, 1.54) is 38.8 Å². The van der Waals surface area contributed by atoms with Crippen molar-refractivity contribution in [3.63, 3.8) is 0 Å². The summed E-state index contributed by atoms with van der Waals surface area (Å²) in [7, 11) is 0. The molecule has 14 rings (SSSR count). The molecule has 0 aliphatic rings. The first-order valence-electron chi connectivity index (χ1n) is 26.2. The first-order chi connectivity index (χ1) is 38.1. The van der Waals surface area contributed by atoms with Crippen molar-refractivity contribution in [2.75, 3.05) is 0 Å². The topological polar surface area (TPSA) is 38.9 Å². The van der Waals surface area contributed by atoms with Gasteiger partial charge < -0.3 is 4.42 Å². The number of aromatic nitrogens is 2. The molecule has 2 aromatic heterocycles. The fourth-order valence-corrected chi connectivity index (χ4v) is 10.9. The molecule has 0 spiro atoms. The third-order valence-electron chi connectivity index (χ3n) is 14.8. The molecule has 0 atom stereocenters. The van der Waals surface area contributed by atoms with Crippen LogP contribution in [0, 0.1) is 0 Å². The van der Waals surface area contributed by atoms with Gasteiger partial charge >= 0.3 is 0 Å². The van der Waals surface area contributed by atoms with Gasteiger partial charge in [0.25, 0.3) is 0 Å². The van der Waals surface area contributed by atoms with Crippen LogP contribution in [-0.4, -0.2) is 9.97 Å². The van der Waals surface area contributed by atoms with E-state index in [0.29, 0.717) is 5.82 Å². The molecule has 2 heterocycles. The molecular weight excluding hydrogens is 933 g/mol. The highest BCUT2D eigenvalue weighted by atomic mass is 16.3. The third kappa shape index (κ3) is 8.96. The lowest BCUT2D eigenvalue weighted by molar-refractivity contribution is 0.669. The average Bonchev–Trinajstić information content (AvgIpc) is 3.90. The molecule has 0 saturated heterocycles. The Bertz CT molecular complexity index is 4410. The van der Waals surface area contributed by atoms with Gasteiger partial charge in [0, 0.05) is 27.5 Å². The monoisotopic (exact) mass is 980 g/mol. The zero-order chi connectivity index (χ0) is 51.1. The van der Waals surface area contributed by atoms with E-state index in [0.717, 1.165) is 99.9 Å². The van der Waals surface area contributed by atoms with E-state index >= 15 is 0 Å². The third-order valence-corrected chi connectivity index (χ3v) is 14.8. The van der Waals surface area contributed by atoms with Crippen LogP contribution in [0.15, 0.2) is 296 Å². The highest BCUT2D eigenvalue weighted by molar-refractivity contribution is 6.13. The lowest BCUT2D eigenvalue weighted by Gasteiger charge is -2.15. The number of fused-ring (bicyclic) bond motifs is 4. The molecule has 77 heavy (non-hydrogen) atoms. The van der Waals surface area contributed by atoms with Gasteiger partial charge in [-0.2, -0.15) is 0 Å². The maximum Gasteiger partial charge on any atom is 0.161 e. The maximum absolute atomic E-state index is 6.61. The molecule has 0 aliphatic carbocycles. The number of nitrogens with zero attached hydrogens (tertiary/aromatic N) is 2. The van der Waals surface area contributed by atoms with Gasteiger partial charge in [0.2, 0.25) is 0 Å². The average molecular weight is 981 g/mol. The van der Waals surface area contributed by atoms with Crippen LogP contribution < -0.4 is 0 Å². The van der Waals surface area contributed by atoms with Gasteiger partial charge in [-0.15, -0.1) is 0 Å². The minimum absolute atomic E-state index is 0.631. The van der Waals surface area contributed by atoms with Crippen molar-refractivity contribution in [3.05, 3.63) is 291 Å². The quantitative estimate of drug-likeness (QED) is 0.137. The Morgan fingerprint density at radius 2 is 0.610 bits per heavy atom. The molecule has 0 radical (unpaired) electrons. The molecule has 0 bridgehead atoms. The first kappa shape index (κ1) is 45.4. The van der Waals surface area contributed by atoms with Crippen molar-refractivity contribution >= 4 is 32.7 Å². The highest BCUT2D eigenvalue weighted by Gasteiger charge is 2.20. The largest absolute Gasteiger partial charge is 0.456 e. The summed E-state index contributed by atoms with van der Waals surface area (Å²) in [5, 5.41) is 4.36. The number of hydrogen-bond donors (Lipinski definition) is 0. The number of rotatable bonds is 10. The van der Waals surface area contributed by atoms with Crippen molar-refractivity contribution in [1.82, 2.24) is 9.97 Å². The van der Waals surface area contributed by atoms with Crippen molar-refractivity contribution < 1.29 is 4.42 Å². The lowest BCUT2D eigenvalue weighted by Crippen LogP contribution is -1.97. The van der Waals surface area contributed by atoms with Gasteiger partial charge in [-0.05, 0) is 161 Å². The van der Waals surface area contributed by atoms with E-state index < -0.39 is 0 Å². The molecule has 12 aromatic carbocycles. The van der Waals surface area contributed by atoms with E-state index in [9.17, 15) is 0 Å².